The molecule has 23 heavy (non-hydrogen) atoms. The second-order valence-electron chi connectivity index (χ2n) is 6.40. The average molecular weight is 308 g/mol. The van der Waals surface area contributed by atoms with Gasteiger partial charge in [-0.05, 0) is 24.5 Å². The number of rotatable bonds is 4. The molecular formula is C19H20N2O2. The van der Waals surface area contributed by atoms with Gasteiger partial charge in [0.2, 0.25) is 11.8 Å². The minimum atomic E-state index is -0.277. The summed E-state index contributed by atoms with van der Waals surface area (Å²) in [5, 5.41) is 0. The fourth-order valence-corrected chi connectivity index (χ4v) is 3.41. The Hall–Kier alpha value is -2.36. The molecule has 0 radical (unpaired) electrons. The molecule has 4 nitrogen and oxygen atoms in total. The van der Waals surface area contributed by atoms with Crippen LogP contribution in [-0.2, 0) is 10.2 Å². The third-order valence-electron chi connectivity index (χ3n) is 4.84. The van der Waals surface area contributed by atoms with Gasteiger partial charge in [0.05, 0.1) is 12.0 Å². The van der Waals surface area contributed by atoms with E-state index in [1.165, 1.54) is 0 Å². The Morgan fingerprint density at radius 3 is 2.61 bits per heavy atom. The number of hydrogen-bond donors (Lipinski definition) is 0. The lowest BCUT2D eigenvalue weighted by atomic mass is 9.94. The second-order valence-corrected chi connectivity index (χ2v) is 6.40. The lowest BCUT2D eigenvalue weighted by Crippen LogP contribution is -2.38. The van der Waals surface area contributed by atoms with E-state index < -0.39 is 0 Å². The van der Waals surface area contributed by atoms with Gasteiger partial charge in [0.15, 0.2) is 0 Å². The second kappa shape index (κ2) is 5.69. The maximum absolute atomic E-state index is 13.0. The number of likely N-dealkylation sites (tertiary alicyclic amines) is 1. The molecule has 1 aromatic carbocycles. The van der Waals surface area contributed by atoms with E-state index in [2.05, 4.69) is 17.1 Å². The highest BCUT2D eigenvalue weighted by Crippen LogP contribution is 2.49. The molecule has 1 atom stereocenters. The summed E-state index contributed by atoms with van der Waals surface area (Å²) in [6.45, 7) is 1.43. The summed E-state index contributed by atoms with van der Waals surface area (Å²) >= 11 is 0. The van der Waals surface area contributed by atoms with Crippen molar-refractivity contribution in [3.05, 3.63) is 60.3 Å². The van der Waals surface area contributed by atoms with E-state index in [9.17, 15) is 4.79 Å². The van der Waals surface area contributed by atoms with Crippen LogP contribution in [0.5, 0.6) is 5.88 Å². The first kappa shape index (κ1) is 14.2. The average Bonchev–Trinajstić information content (AvgIpc) is 3.30. The molecular weight excluding hydrogens is 288 g/mol. The molecule has 1 saturated carbocycles. The van der Waals surface area contributed by atoms with Crippen LogP contribution in [0.15, 0.2) is 54.7 Å². The van der Waals surface area contributed by atoms with Gasteiger partial charge < -0.3 is 9.64 Å². The summed E-state index contributed by atoms with van der Waals surface area (Å²) in [6, 6.07) is 15.8. The normalized spacial score (nSPS) is 21.9. The number of ether oxygens (including phenoxy) is 1. The van der Waals surface area contributed by atoms with Gasteiger partial charge in [0.25, 0.3) is 0 Å². The first-order valence-corrected chi connectivity index (χ1v) is 8.20. The number of carbonyl (C=O) groups is 1. The molecule has 1 aliphatic heterocycles. The monoisotopic (exact) mass is 308 g/mol. The van der Waals surface area contributed by atoms with Crippen LogP contribution in [0.25, 0.3) is 0 Å². The summed E-state index contributed by atoms with van der Waals surface area (Å²) in [5.74, 6) is 0.895. The van der Waals surface area contributed by atoms with Crippen molar-refractivity contribution < 1.29 is 9.53 Å². The lowest BCUT2D eigenvalue weighted by molar-refractivity contribution is -0.133. The highest BCUT2D eigenvalue weighted by molar-refractivity contribution is 5.91. The van der Waals surface area contributed by atoms with E-state index in [0.717, 1.165) is 31.4 Å². The van der Waals surface area contributed by atoms with E-state index >= 15 is 0 Å². The van der Waals surface area contributed by atoms with Crippen LogP contribution >= 0.6 is 0 Å². The molecule has 2 aromatic rings. The number of aromatic nitrogens is 1. The number of carbonyl (C=O) groups excluding carboxylic acids is 1. The summed E-state index contributed by atoms with van der Waals surface area (Å²) in [6.07, 6.45) is 4.55. The predicted molar refractivity (Wildman–Crippen MR) is 87.2 cm³/mol. The Morgan fingerprint density at radius 1 is 1.13 bits per heavy atom. The van der Waals surface area contributed by atoms with Gasteiger partial charge in [-0.3, -0.25) is 4.79 Å². The SMILES string of the molecule is O=C(N1CC[C@H](Oc2ccccn2)C1)C1(c2ccccc2)CC1. The molecule has 0 bridgehead atoms. The molecule has 1 amide bonds. The summed E-state index contributed by atoms with van der Waals surface area (Å²) in [4.78, 5) is 19.1. The Balaban J connectivity index is 1.43. The van der Waals surface area contributed by atoms with Gasteiger partial charge in [0.1, 0.15) is 6.10 Å². The first-order valence-electron chi connectivity index (χ1n) is 8.20. The number of benzene rings is 1. The van der Waals surface area contributed by atoms with Crippen LogP contribution < -0.4 is 4.74 Å². The molecule has 4 rings (SSSR count). The summed E-state index contributed by atoms with van der Waals surface area (Å²) < 4.78 is 5.89. The summed E-state index contributed by atoms with van der Waals surface area (Å²) in [7, 11) is 0. The van der Waals surface area contributed by atoms with Crippen molar-refractivity contribution in [2.75, 3.05) is 13.1 Å². The standard InChI is InChI=1S/C19H20N2O2/c22-18(19(10-11-19)15-6-2-1-3-7-15)21-13-9-16(14-21)23-17-8-4-5-12-20-17/h1-8,12,16H,9-11,13-14H2/t16-/m0/s1. The van der Waals surface area contributed by atoms with Gasteiger partial charge in [-0.15, -0.1) is 0 Å². The van der Waals surface area contributed by atoms with Crippen LogP contribution in [0.1, 0.15) is 24.8 Å². The zero-order valence-corrected chi connectivity index (χ0v) is 13.0. The first-order chi connectivity index (χ1) is 11.3. The Labute approximate surface area is 136 Å². The van der Waals surface area contributed by atoms with E-state index in [4.69, 9.17) is 4.74 Å². The maximum atomic E-state index is 13.0. The van der Waals surface area contributed by atoms with Crippen molar-refractivity contribution in [2.24, 2.45) is 0 Å². The third-order valence-corrected chi connectivity index (χ3v) is 4.84. The largest absolute Gasteiger partial charge is 0.472 e. The zero-order valence-electron chi connectivity index (χ0n) is 13.0. The molecule has 0 N–H and O–H groups in total. The number of amides is 1. The molecule has 0 unspecified atom stereocenters. The molecule has 1 aliphatic carbocycles. The smallest absolute Gasteiger partial charge is 0.233 e. The van der Waals surface area contributed by atoms with Gasteiger partial charge in [-0.25, -0.2) is 4.98 Å². The van der Waals surface area contributed by atoms with E-state index in [1.54, 1.807) is 6.20 Å². The molecule has 1 aromatic heterocycles. The topological polar surface area (TPSA) is 42.4 Å². The van der Waals surface area contributed by atoms with Crippen LogP contribution in [-0.4, -0.2) is 35.0 Å². The van der Waals surface area contributed by atoms with Crippen molar-refractivity contribution in [3.8, 4) is 5.88 Å². The lowest BCUT2D eigenvalue weighted by Gasteiger charge is -2.23. The molecule has 0 spiro atoms. The highest BCUT2D eigenvalue weighted by atomic mass is 16.5. The third kappa shape index (κ3) is 2.69. The molecule has 4 heteroatoms. The fourth-order valence-electron chi connectivity index (χ4n) is 3.41. The van der Waals surface area contributed by atoms with Crippen LogP contribution in [0.3, 0.4) is 0 Å². The Bertz CT molecular complexity index is 683. The molecule has 118 valence electrons. The van der Waals surface area contributed by atoms with E-state index in [-0.39, 0.29) is 17.4 Å². The number of nitrogens with zero attached hydrogens (tertiary/aromatic N) is 2. The molecule has 2 aliphatic rings. The van der Waals surface area contributed by atoms with Crippen LogP contribution in [0.4, 0.5) is 0 Å². The van der Waals surface area contributed by atoms with Gasteiger partial charge >= 0.3 is 0 Å². The number of pyridine rings is 1. The van der Waals surface area contributed by atoms with E-state index in [0.29, 0.717) is 12.4 Å². The van der Waals surface area contributed by atoms with Gasteiger partial charge in [-0.2, -0.15) is 0 Å². The van der Waals surface area contributed by atoms with Crippen molar-refractivity contribution >= 4 is 5.91 Å². The summed E-state index contributed by atoms with van der Waals surface area (Å²) in [5.41, 5.74) is 0.875. The van der Waals surface area contributed by atoms with E-state index in [1.807, 2.05) is 41.3 Å². The van der Waals surface area contributed by atoms with Crippen LogP contribution in [0.2, 0.25) is 0 Å². The fraction of sp³-hybridized carbons (Fsp3) is 0.368. The number of hydrogen-bond acceptors (Lipinski definition) is 3. The quantitative estimate of drug-likeness (QED) is 0.872. The van der Waals surface area contributed by atoms with Crippen LogP contribution in [0, 0.1) is 0 Å². The van der Waals surface area contributed by atoms with Crippen molar-refractivity contribution in [3.63, 3.8) is 0 Å². The zero-order chi connectivity index (χ0) is 15.7. The highest BCUT2D eigenvalue weighted by Gasteiger charge is 2.53. The maximum Gasteiger partial charge on any atom is 0.233 e. The molecule has 2 fully saturated rings. The molecule has 2 heterocycles. The molecule has 1 saturated heterocycles. The Morgan fingerprint density at radius 2 is 1.91 bits per heavy atom. The van der Waals surface area contributed by atoms with Crippen molar-refractivity contribution in [1.82, 2.24) is 9.88 Å². The van der Waals surface area contributed by atoms with Crippen molar-refractivity contribution in [2.45, 2.75) is 30.8 Å². The minimum Gasteiger partial charge on any atom is -0.472 e. The predicted octanol–water partition coefficient (Wildman–Crippen LogP) is 2.79. The van der Waals surface area contributed by atoms with Crippen molar-refractivity contribution in [1.29, 1.82) is 0 Å². The van der Waals surface area contributed by atoms with Gasteiger partial charge in [-0.1, -0.05) is 36.4 Å². The Kier molecular flexibility index (Phi) is 3.52. The van der Waals surface area contributed by atoms with Gasteiger partial charge in [0, 0.05) is 25.2 Å². The minimum absolute atomic E-state index is 0.0421.